The van der Waals surface area contributed by atoms with Gasteiger partial charge in [0, 0.05) is 32.3 Å². The Kier molecular flexibility index (Phi) is 5.45. The third-order valence-corrected chi connectivity index (χ3v) is 4.29. The Hall–Kier alpha value is -0.610. The van der Waals surface area contributed by atoms with Crippen molar-refractivity contribution in [1.29, 1.82) is 0 Å². The minimum Gasteiger partial charge on any atom is -0.396 e. The molecule has 18 heavy (non-hydrogen) atoms. The zero-order valence-electron chi connectivity index (χ0n) is 11.1. The molecule has 0 aromatic rings. The largest absolute Gasteiger partial charge is 0.396 e. The van der Waals surface area contributed by atoms with Gasteiger partial charge in [0.1, 0.15) is 0 Å². The molecule has 0 bridgehead atoms. The van der Waals surface area contributed by atoms with Crippen LogP contribution in [0.15, 0.2) is 0 Å². The van der Waals surface area contributed by atoms with Crippen molar-refractivity contribution in [3.8, 4) is 0 Å². The van der Waals surface area contributed by atoms with E-state index in [1.807, 2.05) is 0 Å². The smallest absolute Gasteiger partial charge is 0.220 e. The van der Waals surface area contributed by atoms with Gasteiger partial charge in [-0.15, -0.1) is 0 Å². The molecule has 1 heterocycles. The average molecular weight is 255 g/mol. The lowest BCUT2D eigenvalue weighted by Gasteiger charge is -2.29. The van der Waals surface area contributed by atoms with E-state index in [0.29, 0.717) is 30.9 Å². The molecule has 1 saturated carbocycles. The van der Waals surface area contributed by atoms with E-state index in [0.717, 1.165) is 51.7 Å². The monoisotopic (exact) mass is 255 g/mol. The van der Waals surface area contributed by atoms with Gasteiger partial charge in [-0.3, -0.25) is 4.79 Å². The van der Waals surface area contributed by atoms with Crippen molar-refractivity contribution >= 4 is 5.91 Å². The highest BCUT2D eigenvalue weighted by atomic mass is 16.5. The molecule has 1 aliphatic carbocycles. The Balaban J connectivity index is 1.65. The summed E-state index contributed by atoms with van der Waals surface area (Å²) in [7, 11) is 0. The van der Waals surface area contributed by atoms with Crippen molar-refractivity contribution in [3.05, 3.63) is 0 Å². The second-order valence-corrected chi connectivity index (χ2v) is 5.73. The van der Waals surface area contributed by atoms with Gasteiger partial charge in [0.25, 0.3) is 0 Å². The molecule has 0 aromatic heterocycles. The minimum atomic E-state index is 0.203. The van der Waals surface area contributed by atoms with Crippen LogP contribution in [0.2, 0.25) is 0 Å². The number of amides is 1. The number of aliphatic hydroxyl groups is 1. The predicted molar refractivity (Wildman–Crippen MR) is 69.1 cm³/mol. The molecule has 104 valence electrons. The summed E-state index contributed by atoms with van der Waals surface area (Å²) in [5, 5.41) is 12.2. The van der Waals surface area contributed by atoms with Crippen LogP contribution in [-0.4, -0.2) is 36.9 Å². The summed E-state index contributed by atoms with van der Waals surface area (Å²) < 4.78 is 5.30. The van der Waals surface area contributed by atoms with Crippen LogP contribution >= 0.6 is 0 Å². The first kappa shape index (κ1) is 13.8. The van der Waals surface area contributed by atoms with E-state index >= 15 is 0 Å². The second kappa shape index (κ2) is 7.10. The Bertz CT molecular complexity index is 256. The first-order valence-corrected chi connectivity index (χ1v) is 7.26. The highest BCUT2D eigenvalue weighted by Gasteiger charge is 2.23. The van der Waals surface area contributed by atoms with Gasteiger partial charge < -0.3 is 15.2 Å². The molecule has 0 aromatic carbocycles. The summed E-state index contributed by atoms with van der Waals surface area (Å²) in [5.41, 5.74) is 0. The molecule has 1 aliphatic heterocycles. The molecule has 2 N–H and O–H groups in total. The Morgan fingerprint density at radius 1 is 1.06 bits per heavy atom. The molecular weight excluding hydrogens is 230 g/mol. The first-order chi connectivity index (χ1) is 8.78. The van der Waals surface area contributed by atoms with Crippen molar-refractivity contribution in [2.45, 2.75) is 51.0 Å². The first-order valence-electron chi connectivity index (χ1n) is 7.26. The Morgan fingerprint density at radius 2 is 1.72 bits per heavy atom. The summed E-state index contributed by atoms with van der Waals surface area (Å²) >= 11 is 0. The van der Waals surface area contributed by atoms with Crippen LogP contribution in [0.4, 0.5) is 0 Å². The van der Waals surface area contributed by atoms with Gasteiger partial charge in [-0.1, -0.05) is 0 Å². The molecule has 4 heteroatoms. The van der Waals surface area contributed by atoms with Crippen molar-refractivity contribution < 1.29 is 14.6 Å². The topological polar surface area (TPSA) is 58.6 Å². The van der Waals surface area contributed by atoms with Gasteiger partial charge >= 0.3 is 0 Å². The number of ether oxygens (including phenoxy) is 1. The van der Waals surface area contributed by atoms with Crippen LogP contribution in [0.25, 0.3) is 0 Å². The predicted octanol–water partition coefficient (Wildman–Crippen LogP) is 1.47. The maximum absolute atomic E-state index is 11.9. The number of aliphatic hydroxyl groups excluding tert-OH is 1. The van der Waals surface area contributed by atoms with Crippen molar-refractivity contribution in [2.24, 2.45) is 11.8 Å². The summed E-state index contributed by atoms with van der Waals surface area (Å²) in [6.45, 7) is 1.90. The lowest BCUT2D eigenvalue weighted by atomic mass is 9.86. The van der Waals surface area contributed by atoms with Gasteiger partial charge in [0.05, 0.1) is 0 Å². The summed E-state index contributed by atoms with van der Waals surface area (Å²) in [5.74, 6) is 1.16. The van der Waals surface area contributed by atoms with Gasteiger partial charge in [0.2, 0.25) is 5.91 Å². The fourth-order valence-electron chi connectivity index (χ4n) is 2.99. The quantitative estimate of drug-likeness (QED) is 0.800. The minimum absolute atomic E-state index is 0.203. The molecule has 0 unspecified atom stereocenters. The maximum Gasteiger partial charge on any atom is 0.220 e. The number of rotatable bonds is 4. The standard InChI is InChI=1S/C14H25NO3/c16-10-12-1-3-13(4-2-12)15-14(17)9-11-5-7-18-8-6-11/h11-13,16H,1-10H2,(H,15,17). The summed E-state index contributed by atoms with van der Waals surface area (Å²) in [6.07, 6.45) is 6.81. The average Bonchev–Trinajstić information content (AvgIpc) is 2.40. The molecule has 0 spiro atoms. The van der Waals surface area contributed by atoms with E-state index in [1.54, 1.807) is 0 Å². The van der Waals surface area contributed by atoms with E-state index in [9.17, 15) is 4.79 Å². The van der Waals surface area contributed by atoms with Gasteiger partial charge in [-0.25, -0.2) is 0 Å². The zero-order chi connectivity index (χ0) is 12.8. The molecule has 0 radical (unpaired) electrons. The fraction of sp³-hybridized carbons (Fsp3) is 0.929. The van der Waals surface area contributed by atoms with E-state index in [-0.39, 0.29) is 5.91 Å². The highest BCUT2D eigenvalue weighted by molar-refractivity contribution is 5.76. The number of carbonyl (C=O) groups is 1. The van der Waals surface area contributed by atoms with Crippen LogP contribution in [0.1, 0.15) is 44.9 Å². The normalized spacial score (nSPS) is 30.1. The lowest BCUT2D eigenvalue weighted by molar-refractivity contribution is -0.123. The summed E-state index contributed by atoms with van der Waals surface area (Å²) in [6, 6.07) is 0.333. The van der Waals surface area contributed by atoms with E-state index in [4.69, 9.17) is 9.84 Å². The van der Waals surface area contributed by atoms with Gasteiger partial charge in [-0.05, 0) is 50.4 Å². The molecule has 4 nitrogen and oxygen atoms in total. The Labute approximate surface area is 109 Å². The molecule has 1 saturated heterocycles. The second-order valence-electron chi connectivity index (χ2n) is 5.73. The van der Waals surface area contributed by atoms with Crippen LogP contribution in [0, 0.1) is 11.8 Å². The van der Waals surface area contributed by atoms with Crippen LogP contribution in [-0.2, 0) is 9.53 Å². The number of hydrogen-bond donors (Lipinski definition) is 2. The number of hydrogen-bond acceptors (Lipinski definition) is 3. The third-order valence-electron chi connectivity index (χ3n) is 4.29. The van der Waals surface area contributed by atoms with Crippen LogP contribution in [0.5, 0.6) is 0 Å². The van der Waals surface area contributed by atoms with E-state index in [1.165, 1.54) is 0 Å². The molecule has 2 aliphatic rings. The van der Waals surface area contributed by atoms with E-state index < -0.39 is 0 Å². The Morgan fingerprint density at radius 3 is 2.33 bits per heavy atom. The molecular formula is C14H25NO3. The molecule has 0 atom stereocenters. The SMILES string of the molecule is O=C(CC1CCOCC1)NC1CCC(CO)CC1. The molecule has 2 fully saturated rings. The third kappa shape index (κ3) is 4.25. The van der Waals surface area contributed by atoms with Crippen LogP contribution < -0.4 is 5.32 Å². The number of nitrogens with one attached hydrogen (secondary N) is 1. The zero-order valence-corrected chi connectivity index (χ0v) is 11.1. The maximum atomic E-state index is 11.9. The summed E-state index contributed by atoms with van der Waals surface area (Å²) in [4.78, 5) is 11.9. The van der Waals surface area contributed by atoms with Gasteiger partial charge in [-0.2, -0.15) is 0 Å². The number of carbonyl (C=O) groups excluding carboxylic acids is 1. The van der Waals surface area contributed by atoms with Gasteiger partial charge in [0.15, 0.2) is 0 Å². The van der Waals surface area contributed by atoms with Crippen LogP contribution in [0.3, 0.4) is 0 Å². The lowest BCUT2D eigenvalue weighted by Crippen LogP contribution is -2.39. The van der Waals surface area contributed by atoms with Crippen molar-refractivity contribution in [3.63, 3.8) is 0 Å². The highest BCUT2D eigenvalue weighted by Crippen LogP contribution is 2.24. The molecule has 1 amide bonds. The molecule has 2 rings (SSSR count). The van der Waals surface area contributed by atoms with E-state index in [2.05, 4.69) is 5.32 Å². The van der Waals surface area contributed by atoms with Crippen molar-refractivity contribution in [2.75, 3.05) is 19.8 Å². The fourth-order valence-corrected chi connectivity index (χ4v) is 2.99. The van der Waals surface area contributed by atoms with Crippen molar-refractivity contribution in [1.82, 2.24) is 5.32 Å².